The summed E-state index contributed by atoms with van der Waals surface area (Å²) in [5, 5.41) is 7.70. The third-order valence-electron chi connectivity index (χ3n) is 3.50. The van der Waals surface area contributed by atoms with Crippen molar-refractivity contribution in [2.75, 3.05) is 24.7 Å². The summed E-state index contributed by atoms with van der Waals surface area (Å²) in [6.07, 6.45) is 4.90. The van der Waals surface area contributed by atoms with Crippen molar-refractivity contribution in [3.05, 3.63) is 35.9 Å². The molecular weight excluding hydrogens is 264 g/mol. The molecule has 0 aromatic heterocycles. The van der Waals surface area contributed by atoms with E-state index >= 15 is 0 Å². The monoisotopic (exact) mass is 278 g/mol. The van der Waals surface area contributed by atoms with E-state index in [2.05, 4.69) is 10.3 Å². The number of nitrogens with zero attached hydrogens (tertiary/aromatic N) is 4. The third kappa shape index (κ3) is 1.65. The Labute approximate surface area is 112 Å². The quantitative estimate of drug-likeness (QED) is 0.781. The maximum Gasteiger partial charge on any atom is 0.250 e. The summed E-state index contributed by atoms with van der Waals surface area (Å²) >= 11 is 0. The molecule has 0 saturated heterocycles. The van der Waals surface area contributed by atoms with E-state index in [0.717, 1.165) is 21.9 Å². The number of hydrogen-bond donors (Lipinski definition) is 0. The van der Waals surface area contributed by atoms with Crippen LogP contribution in [0.15, 0.2) is 40.7 Å². The molecule has 0 unspecified atom stereocenters. The highest BCUT2D eigenvalue weighted by Gasteiger charge is 2.48. The van der Waals surface area contributed by atoms with Gasteiger partial charge in [0.15, 0.2) is 5.66 Å². The van der Waals surface area contributed by atoms with E-state index in [1.165, 1.54) is 0 Å². The number of benzene rings is 1. The van der Waals surface area contributed by atoms with Crippen molar-refractivity contribution in [1.29, 1.82) is 0 Å². The molecule has 0 radical (unpaired) electrons. The number of sulfonamides is 1. The number of fused-ring (bicyclic) bond motifs is 1. The minimum absolute atomic E-state index is 0.293. The number of hydrogen-bond acceptors (Lipinski definition) is 5. The summed E-state index contributed by atoms with van der Waals surface area (Å²) in [5.74, 6) is 0. The zero-order valence-electron chi connectivity index (χ0n) is 10.7. The number of likely N-dealkylation sites (N-methyl/N-ethyl adjacent to an activating group) is 1. The highest BCUT2D eigenvalue weighted by Crippen LogP contribution is 2.39. The van der Waals surface area contributed by atoms with Crippen LogP contribution in [-0.2, 0) is 10.0 Å². The largest absolute Gasteiger partial charge is 0.344 e. The molecule has 0 saturated carbocycles. The lowest BCUT2D eigenvalue weighted by atomic mass is 9.99. The van der Waals surface area contributed by atoms with Crippen LogP contribution in [0.25, 0.3) is 6.08 Å². The molecule has 1 atom stereocenters. The Morgan fingerprint density at radius 1 is 1.32 bits per heavy atom. The molecule has 19 heavy (non-hydrogen) atoms. The van der Waals surface area contributed by atoms with Crippen molar-refractivity contribution in [3.63, 3.8) is 0 Å². The summed E-state index contributed by atoms with van der Waals surface area (Å²) < 4.78 is 24.8. The Morgan fingerprint density at radius 2 is 2.05 bits per heavy atom. The standard InChI is InChI=1S/C12H14N4O2S/c1-15-11-6-4-3-5-10(11)7-8-12(15)9-13-14-16(12)19(2,17)18/h3-8H,9H2,1-2H3/t12-/m1/s1. The lowest BCUT2D eigenvalue weighted by Crippen LogP contribution is -2.58. The smallest absolute Gasteiger partial charge is 0.250 e. The van der Waals surface area contributed by atoms with Gasteiger partial charge in [-0.1, -0.05) is 29.5 Å². The summed E-state index contributed by atoms with van der Waals surface area (Å²) in [6, 6.07) is 7.82. The van der Waals surface area contributed by atoms with E-state index in [1.54, 1.807) is 0 Å². The molecule has 7 heteroatoms. The van der Waals surface area contributed by atoms with Crippen LogP contribution in [0, 0.1) is 0 Å². The topological polar surface area (TPSA) is 65.3 Å². The molecule has 2 aliphatic heterocycles. The van der Waals surface area contributed by atoms with Gasteiger partial charge >= 0.3 is 0 Å². The molecular formula is C12H14N4O2S. The first-order valence-electron chi connectivity index (χ1n) is 5.85. The van der Waals surface area contributed by atoms with E-state index in [1.807, 2.05) is 48.4 Å². The van der Waals surface area contributed by atoms with Gasteiger partial charge in [0, 0.05) is 12.7 Å². The molecule has 2 heterocycles. The summed E-state index contributed by atoms with van der Waals surface area (Å²) in [7, 11) is -1.61. The van der Waals surface area contributed by atoms with Gasteiger partial charge < -0.3 is 4.90 Å². The predicted octanol–water partition coefficient (Wildman–Crippen LogP) is 1.49. The molecule has 2 aliphatic rings. The average molecular weight is 278 g/mol. The molecule has 0 bridgehead atoms. The maximum absolute atomic E-state index is 11.9. The van der Waals surface area contributed by atoms with Crippen LogP contribution in [0.5, 0.6) is 0 Å². The molecule has 6 nitrogen and oxygen atoms in total. The second-order valence-electron chi connectivity index (χ2n) is 4.72. The normalized spacial score (nSPS) is 25.2. The summed E-state index contributed by atoms with van der Waals surface area (Å²) in [4.78, 5) is 1.91. The van der Waals surface area contributed by atoms with E-state index < -0.39 is 15.7 Å². The van der Waals surface area contributed by atoms with Crippen LogP contribution in [-0.4, -0.2) is 38.3 Å². The highest BCUT2D eigenvalue weighted by atomic mass is 32.2. The fourth-order valence-electron chi connectivity index (χ4n) is 2.51. The minimum atomic E-state index is -3.47. The highest BCUT2D eigenvalue weighted by molar-refractivity contribution is 7.88. The van der Waals surface area contributed by atoms with E-state index in [4.69, 9.17) is 0 Å². The number of anilines is 1. The zero-order valence-corrected chi connectivity index (χ0v) is 11.5. The second-order valence-corrected chi connectivity index (χ2v) is 6.54. The first-order chi connectivity index (χ1) is 8.95. The van der Waals surface area contributed by atoms with Gasteiger partial charge in [0.2, 0.25) is 0 Å². The predicted molar refractivity (Wildman–Crippen MR) is 73.0 cm³/mol. The summed E-state index contributed by atoms with van der Waals surface area (Å²) in [5.41, 5.74) is 1.16. The fourth-order valence-corrected chi connectivity index (χ4v) is 3.51. The van der Waals surface area contributed by atoms with Gasteiger partial charge in [-0.15, -0.1) is 4.41 Å². The first-order valence-corrected chi connectivity index (χ1v) is 7.70. The lowest BCUT2D eigenvalue weighted by Gasteiger charge is -2.43. The Bertz CT molecular complexity index is 683. The third-order valence-corrected chi connectivity index (χ3v) is 4.52. The maximum atomic E-state index is 11.9. The fraction of sp³-hybridized carbons (Fsp3) is 0.333. The molecule has 100 valence electrons. The van der Waals surface area contributed by atoms with Gasteiger partial charge in [0.05, 0.1) is 6.26 Å². The number of para-hydroxylation sites is 1. The first kappa shape index (κ1) is 12.2. The average Bonchev–Trinajstić information content (AvgIpc) is 2.79. The Balaban J connectivity index is 2.14. The van der Waals surface area contributed by atoms with Crippen molar-refractivity contribution in [2.24, 2.45) is 10.3 Å². The van der Waals surface area contributed by atoms with Crippen LogP contribution < -0.4 is 4.90 Å². The van der Waals surface area contributed by atoms with Crippen LogP contribution in [0.1, 0.15) is 5.56 Å². The van der Waals surface area contributed by atoms with Gasteiger partial charge in [-0.3, -0.25) is 0 Å². The zero-order chi connectivity index (χ0) is 13.7. The van der Waals surface area contributed by atoms with Crippen LogP contribution in [0.3, 0.4) is 0 Å². The SMILES string of the molecule is CN1c2ccccc2C=C[C@@]12CN=NN2S(C)(=O)=O. The van der Waals surface area contributed by atoms with E-state index in [-0.39, 0.29) is 0 Å². The molecule has 1 aromatic carbocycles. The minimum Gasteiger partial charge on any atom is -0.344 e. The van der Waals surface area contributed by atoms with Crippen LogP contribution in [0.2, 0.25) is 0 Å². The molecule has 0 amide bonds. The lowest BCUT2D eigenvalue weighted by molar-refractivity contribution is 0.291. The van der Waals surface area contributed by atoms with E-state index in [9.17, 15) is 8.42 Å². The van der Waals surface area contributed by atoms with Crippen molar-refractivity contribution in [2.45, 2.75) is 5.66 Å². The van der Waals surface area contributed by atoms with Crippen molar-refractivity contribution >= 4 is 21.8 Å². The van der Waals surface area contributed by atoms with Crippen LogP contribution >= 0.6 is 0 Å². The number of rotatable bonds is 1. The van der Waals surface area contributed by atoms with Crippen LogP contribution in [0.4, 0.5) is 5.69 Å². The second kappa shape index (κ2) is 3.80. The summed E-state index contributed by atoms with van der Waals surface area (Å²) in [6.45, 7) is 0.293. The Morgan fingerprint density at radius 3 is 2.79 bits per heavy atom. The molecule has 3 rings (SSSR count). The van der Waals surface area contributed by atoms with Crippen molar-refractivity contribution in [3.8, 4) is 0 Å². The van der Waals surface area contributed by atoms with Gasteiger partial charge in [-0.25, -0.2) is 8.42 Å². The van der Waals surface area contributed by atoms with Crippen molar-refractivity contribution in [1.82, 2.24) is 4.41 Å². The molecule has 1 aromatic rings. The molecule has 1 spiro atoms. The molecule has 0 N–H and O–H groups in total. The van der Waals surface area contributed by atoms with Gasteiger partial charge in [0.25, 0.3) is 10.0 Å². The van der Waals surface area contributed by atoms with Gasteiger partial charge in [-0.2, -0.15) is 5.11 Å². The van der Waals surface area contributed by atoms with E-state index in [0.29, 0.717) is 6.54 Å². The molecule has 0 aliphatic carbocycles. The van der Waals surface area contributed by atoms with Crippen molar-refractivity contribution < 1.29 is 8.42 Å². The van der Waals surface area contributed by atoms with Gasteiger partial charge in [-0.05, 0) is 17.7 Å². The molecule has 0 fully saturated rings. The van der Waals surface area contributed by atoms with Gasteiger partial charge in [0.1, 0.15) is 6.54 Å². The Kier molecular flexibility index (Phi) is 2.43. The Hall–Kier alpha value is -1.89.